The van der Waals surface area contributed by atoms with Crippen LogP contribution in [0.15, 0.2) is 0 Å². The van der Waals surface area contributed by atoms with Gasteiger partial charge in [-0.1, -0.05) is 13.8 Å². The van der Waals surface area contributed by atoms with Gasteiger partial charge in [0, 0.05) is 0 Å². The van der Waals surface area contributed by atoms with Crippen molar-refractivity contribution >= 4 is 0 Å². The number of hydrogen-bond donors (Lipinski definition) is 1. The molecular formula is C6H14LiNO. The monoisotopic (exact) mass is 123 g/mol. The molecule has 3 heteroatoms. The van der Waals surface area contributed by atoms with Gasteiger partial charge in [0.25, 0.3) is 0 Å². The minimum Gasteiger partial charge on any atom is -0.548 e. The molecule has 0 spiro atoms. The number of hydrogen-bond acceptors (Lipinski definition) is 2. The Labute approximate surface area is 69.4 Å². The van der Waals surface area contributed by atoms with E-state index < -0.39 is 0 Å². The zero-order valence-corrected chi connectivity index (χ0v) is 6.81. The second-order valence-electron chi connectivity index (χ2n) is 1.72. The molecule has 0 radical (unpaired) electrons. The fourth-order valence-corrected chi connectivity index (χ4v) is 0.681. The Hall–Kier alpha value is 0.517. The van der Waals surface area contributed by atoms with Crippen LogP contribution in [0.5, 0.6) is 0 Å². The predicted octanol–water partition coefficient (Wildman–Crippen LogP) is -1.79. The molecule has 0 bridgehead atoms. The smallest absolute Gasteiger partial charge is 0.548 e. The average molecular weight is 123 g/mol. The second kappa shape index (κ2) is 6.63. The SMILES string of the molecule is CCN(CC)[C-](C)O.[Li+]. The quantitative estimate of drug-likeness (QED) is 0.354. The van der Waals surface area contributed by atoms with E-state index in [0.29, 0.717) is 6.23 Å². The molecule has 1 N–H and O–H groups in total. The zero-order valence-electron chi connectivity index (χ0n) is 6.81. The molecule has 0 atom stereocenters. The molecule has 0 heterocycles. The molecule has 50 valence electrons. The predicted molar refractivity (Wildman–Crippen MR) is 33.8 cm³/mol. The molecule has 2 nitrogen and oxygen atoms in total. The molecule has 0 aliphatic heterocycles. The minimum atomic E-state index is 0. The number of nitrogens with zero attached hydrogens (tertiary/aromatic N) is 1. The molecule has 0 aromatic carbocycles. The van der Waals surface area contributed by atoms with Gasteiger partial charge in [0.05, 0.1) is 0 Å². The normalized spacial score (nSPS) is 10.0. The third kappa shape index (κ3) is 4.99. The van der Waals surface area contributed by atoms with Gasteiger partial charge in [0.1, 0.15) is 0 Å². The van der Waals surface area contributed by atoms with E-state index in [1.807, 2.05) is 18.7 Å². The van der Waals surface area contributed by atoms with Gasteiger partial charge < -0.3 is 10.0 Å². The summed E-state index contributed by atoms with van der Waals surface area (Å²) in [7, 11) is 0. The molecule has 0 saturated heterocycles. The van der Waals surface area contributed by atoms with Crippen LogP contribution >= 0.6 is 0 Å². The maximum atomic E-state index is 8.85. The Kier molecular flexibility index (Phi) is 9.01. The summed E-state index contributed by atoms with van der Waals surface area (Å²) in [4.78, 5) is 1.89. The Balaban J connectivity index is 0. The summed E-state index contributed by atoms with van der Waals surface area (Å²) >= 11 is 0. The van der Waals surface area contributed by atoms with E-state index in [-0.39, 0.29) is 18.9 Å². The summed E-state index contributed by atoms with van der Waals surface area (Å²) < 4.78 is 0. The molecule has 0 aromatic rings. The van der Waals surface area contributed by atoms with Crippen LogP contribution in [0, 0.1) is 6.23 Å². The molecule has 0 aliphatic carbocycles. The van der Waals surface area contributed by atoms with E-state index in [4.69, 9.17) is 5.11 Å². The third-order valence-electron chi connectivity index (χ3n) is 1.22. The molecular weight excluding hydrogens is 109 g/mol. The number of rotatable bonds is 3. The summed E-state index contributed by atoms with van der Waals surface area (Å²) in [6.07, 6.45) is 0.412. The van der Waals surface area contributed by atoms with Crippen molar-refractivity contribution in [3.63, 3.8) is 0 Å². The van der Waals surface area contributed by atoms with Crippen molar-refractivity contribution in [3.8, 4) is 0 Å². The van der Waals surface area contributed by atoms with Crippen molar-refractivity contribution in [2.75, 3.05) is 13.1 Å². The van der Waals surface area contributed by atoms with E-state index in [9.17, 15) is 0 Å². The van der Waals surface area contributed by atoms with Crippen molar-refractivity contribution in [1.29, 1.82) is 0 Å². The van der Waals surface area contributed by atoms with Gasteiger partial charge in [-0.15, -0.1) is 6.23 Å². The van der Waals surface area contributed by atoms with Crippen molar-refractivity contribution in [1.82, 2.24) is 4.90 Å². The van der Waals surface area contributed by atoms with Gasteiger partial charge in [0.2, 0.25) is 0 Å². The van der Waals surface area contributed by atoms with Crippen LogP contribution in [0.4, 0.5) is 0 Å². The third-order valence-corrected chi connectivity index (χ3v) is 1.22. The molecule has 0 rings (SSSR count). The summed E-state index contributed by atoms with van der Waals surface area (Å²) in [6, 6.07) is 0. The van der Waals surface area contributed by atoms with E-state index >= 15 is 0 Å². The van der Waals surface area contributed by atoms with Crippen LogP contribution < -0.4 is 18.9 Å². The van der Waals surface area contributed by atoms with Crippen LogP contribution in [0.1, 0.15) is 20.8 Å². The Morgan fingerprint density at radius 1 is 1.33 bits per heavy atom. The van der Waals surface area contributed by atoms with Crippen LogP contribution in [0.2, 0.25) is 0 Å². The number of aliphatic hydroxyl groups excluding tert-OH is 1. The summed E-state index contributed by atoms with van der Waals surface area (Å²) in [5.41, 5.74) is 0. The van der Waals surface area contributed by atoms with Crippen molar-refractivity contribution in [2.45, 2.75) is 20.8 Å². The van der Waals surface area contributed by atoms with Gasteiger partial charge in [-0.2, -0.15) is 6.92 Å². The molecule has 0 aromatic heterocycles. The summed E-state index contributed by atoms with van der Waals surface area (Å²) in [6.45, 7) is 7.51. The van der Waals surface area contributed by atoms with Crippen LogP contribution in [0.25, 0.3) is 0 Å². The first-order chi connectivity index (χ1) is 3.72. The van der Waals surface area contributed by atoms with Gasteiger partial charge in [-0.3, -0.25) is 0 Å². The summed E-state index contributed by atoms with van der Waals surface area (Å²) in [5, 5.41) is 8.85. The first kappa shape index (κ1) is 12.2. The zero-order chi connectivity index (χ0) is 6.57. The van der Waals surface area contributed by atoms with E-state index in [1.165, 1.54) is 0 Å². The van der Waals surface area contributed by atoms with Crippen molar-refractivity contribution in [3.05, 3.63) is 6.23 Å². The van der Waals surface area contributed by atoms with Crippen LogP contribution in [0.3, 0.4) is 0 Å². The van der Waals surface area contributed by atoms with Gasteiger partial charge in [-0.25, -0.2) is 0 Å². The molecule has 0 saturated carbocycles. The minimum absolute atomic E-state index is 0. The molecule has 0 aliphatic rings. The first-order valence-corrected chi connectivity index (χ1v) is 2.99. The van der Waals surface area contributed by atoms with E-state index in [0.717, 1.165) is 13.1 Å². The van der Waals surface area contributed by atoms with Gasteiger partial charge >= 0.3 is 18.9 Å². The maximum absolute atomic E-state index is 8.85. The largest absolute Gasteiger partial charge is 1.00 e. The molecule has 0 fully saturated rings. The second-order valence-corrected chi connectivity index (χ2v) is 1.72. The fraction of sp³-hybridized carbons (Fsp3) is 0.833. The Morgan fingerprint density at radius 2 is 1.67 bits per heavy atom. The Bertz CT molecular complexity index is 55.0. The molecule has 0 amide bonds. The van der Waals surface area contributed by atoms with Crippen LogP contribution in [-0.4, -0.2) is 23.1 Å². The van der Waals surface area contributed by atoms with Crippen molar-refractivity contribution < 1.29 is 24.0 Å². The molecule has 9 heavy (non-hydrogen) atoms. The average Bonchev–Trinajstić information content (AvgIpc) is 1.69. The fourth-order valence-electron chi connectivity index (χ4n) is 0.681. The number of aliphatic hydroxyl groups is 1. The summed E-state index contributed by atoms with van der Waals surface area (Å²) in [5.74, 6) is 0. The van der Waals surface area contributed by atoms with Gasteiger partial charge in [0.15, 0.2) is 0 Å². The topological polar surface area (TPSA) is 23.5 Å². The Morgan fingerprint density at radius 3 is 1.67 bits per heavy atom. The van der Waals surface area contributed by atoms with E-state index in [2.05, 4.69) is 0 Å². The first-order valence-electron chi connectivity index (χ1n) is 2.99. The van der Waals surface area contributed by atoms with Crippen LogP contribution in [-0.2, 0) is 0 Å². The van der Waals surface area contributed by atoms with Gasteiger partial charge in [-0.05, 0) is 13.1 Å². The standard InChI is InChI=1S/C6H14NO.Li/c1-4-7(5-2)6(3)8;/h8H,4-5H2,1-3H3;/q-1;+1. The van der Waals surface area contributed by atoms with Crippen molar-refractivity contribution in [2.24, 2.45) is 0 Å². The van der Waals surface area contributed by atoms with E-state index in [1.54, 1.807) is 6.92 Å². The maximum Gasteiger partial charge on any atom is 1.00 e. The molecule has 0 unspecified atom stereocenters.